The first kappa shape index (κ1) is 14.9. The van der Waals surface area contributed by atoms with Gasteiger partial charge in [0.2, 0.25) is 0 Å². The van der Waals surface area contributed by atoms with E-state index in [0.29, 0.717) is 31.9 Å². The highest BCUT2D eigenvalue weighted by Gasteiger charge is 2.25. The highest BCUT2D eigenvalue weighted by molar-refractivity contribution is 7.87. The topological polar surface area (TPSA) is 82.4 Å². The lowest BCUT2D eigenvalue weighted by atomic mass is 10.1. The molecule has 1 aliphatic heterocycles. The zero-order valence-electron chi connectivity index (χ0n) is 11.2. The molecule has 0 spiro atoms. The van der Waals surface area contributed by atoms with Crippen molar-refractivity contribution in [3.05, 3.63) is 35.4 Å². The zero-order chi connectivity index (χ0) is 14.6. The van der Waals surface area contributed by atoms with Gasteiger partial charge in [-0.15, -0.1) is 0 Å². The standard InChI is InChI=1S/C13H17N3O3S/c1-11(13-4-2-12(10-14)3-5-13)15-20(17,18)16-6-8-19-9-7-16/h2-5,11,15H,6-9H2,1H3. The van der Waals surface area contributed by atoms with Crippen LogP contribution in [-0.4, -0.2) is 39.0 Å². The van der Waals surface area contributed by atoms with Crippen LogP contribution < -0.4 is 4.72 Å². The van der Waals surface area contributed by atoms with E-state index in [0.717, 1.165) is 5.56 Å². The van der Waals surface area contributed by atoms with Crippen molar-refractivity contribution in [2.24, 2.45) is 0 Å². The summed E-state index contributed by atoms with van der Waals surface area (Å²) >= 11 is 0. The van der Waals surface area contributed by atoms with Crippen LogP contribution in [0, 0.1) is 11.3 Å². The molecule has 6 nitrogen and oxygen atoms in total. The Labute approximate surface area is 119 Å². The number of nitrogens with zero attached hydrogens (tertiary/aromatic N) is 2. The van der Waals surface area contributed by atoms with Crippen LogP contribution in [0.1, 0.15) is 24.1 Å². The van der Waals surface area contributed by atoms with Crippen LogP contribution in [0.25, 0.3) is 0 Å². The fraction of sp³-hybridized carbons (Fsp3) is 0.462. The summed E-state index contributed by atoms with van der Waals surface area (Å²) in [7, 11) is -3.51. The minimum atomic E-state index is -3.51. The number of benzene rings is 1. The van der Waals surface area contributed by atoms with E-state index in [9.17, 15) is 8.42 Å². The quantitative estimate of drug-likeness (QED) is 0.890. The molecular formula is C13H17N3O3S. The lowest BCUT2D eigenvalue weighted by molar-refractivity contribution is 0.0723. The van der Waals surface area contributed by atoms with Gasteiger partial charge in [-0.25, -0.2) is 0 Å². The highest BCUT2D eigenvalue weighted by Crippen LogP contribution is 2.15. The number of nitriles is 1. The van der Waals surface area contributed by atoms with Crippen molar-refractivity contribution in [1.82, 2.24) is 9.03 Å². The molecule has 1 unspecified atom stereocenters. The summed E-state index contributed by atoms with van der Waals surface area (Å²) in [5.41, 5.74) is 1.37. The van der Waals surface area contributed by atoms with E-state index < -0.39 is 10.2 Å². The monoisotopic (exact) mass is 295 g/mol. The molecule has 1 aromatic rings. The van der Waals surface area contributed by atoms with Crippen molar-refractivity contribution in [3.63, 3.8) is 0 Å². The van der Waals surface area contributed by atoms with Crippen molar-refractivity contribution in [2.75, 3.05) is 26.3 Å². The Bertz CT molecular complexity index is 586. The molecule has 0 radical (unpaired) electrons. The molecule has 1 heterocycles. The maximum atomic E-state index is 12.2. The van der Waals surface area contributed by atoms with E-state index in [1.165, 1.54) is 4.31 Å². The predicted octanol–water partition coefficient (Wildman–Crippen LogP) is 0.786. The zero-order valence-corrected chi connectivity index (χ0v) is 12.1. The molecule has 0 bridgehead atoms. The molecule has 1 atom stereocenters. The fourth-order valence-electron chi connectivity index (χ4n) is 2.00. The van der Waals surface area contributed by atoms with Gasteiger partial charge in [-0.2, -0.15) is 22.7 Å². The second-order valence-electron chi connectivity index (χ2n) is 4.59. The van der Waals surface area contributed by atoms with Crippen LogP contribution in [0.4, 0.5) is 0 Å². The van der Waals surface area contributed by atoms with Gasteiger partial charge >= 0.3 is 0 Å². The van der Waals surface area contributed by atoms with Crippen LogP contribution in [0.2, 0.25) is 0 Å². The molecular weight excluding hydrogens is 278 g/mol. The Morgan fingerprint density at radius 3 is 2.45 bits per heavy atom. The molecule has 1 aliphatic rings. The number of hydrogen-bond donors (Lipinski definition) is 1. The molecule has 0 amide bonds. The lowest BCUT2D eigenvalue weighted by Crippen LogP contribution is -2.47. The van der Waals surface area contributed by atoms with Crippen LogP contribution in [0.5, 0.6) is 0 Å². The molecule has 20 heavy (non-hydrogen) atoms. The Kier molecular flexibility index (Phi) is 4.73. The molecule has 7 heteroatoms. The Hall–Kier alpha value is -1.46. The summed E-state index contributed by atoms with van der Waals surface area (Å²) in [6, 6.07) is 8.54. The Balaban J connectivity index is 2.05. The molecule has 1 aromatic carbocycles. The Morgan fingerprint density at radius 2 is 1.90 bits per heavy atom. The molecule has 1 N–H and O–H groups in total. The number of rotatable bonds is 4. The van der Waals surface area contributed by atoms with E-state index in [4.69, 9.17) is 10.00 Å². The van der Waals surface area contributed by atoms with Gasteiger partial charge in [0, 0.05) is 19.1 Å². The average Bonchev–Trinajstić information content (AvgIpc) is 2.48. The van der Waals surface area contributed by atoms with E-state index in [-0.39, 0.29) is 6.04 Å². The highest BCUT2D eigenvalue weighted by atomic mass is 32.2. The summed E-state index contributed by atoms with van der Waals surface area (Å²) in [5, 5.41) is 8.74. The van der Waals surface area contributed by atoms with Gasteiger partial charge < -0.3 is 4.74 Å². The van der Waals surface area contributed by atoms with Crippen LogP contribution in [0.15, 0.2) is 24.3 Å². The van der Waals surface area contributed by atoms with Crippen LogP contribution in [-0.2, 0) is 14.9 Å². The second-order valence-corrected chi connectivity index (χ2v) is 6.29. The van der Waals surface area contributed by atoms with E-state index in [2.05, 4.69) is 4.72 Å². The number of nitrogens with one attached hydrogen (secondary N) is 1. The molecule has 108 valence electrons. The third kappa shape index (κ3) is 3.55. The molecule has 1 fully saturated rings. The summed E-state index contributed by atoms with van der Waals surface area (Å²) in [6.07, 6.45) is 0. The van der Waals surface area contributed by atoms with Gasteiger partial charge in [0.15, 0.2) is 0 Å². The molecule has 1 saturated heterocycles. The summed E-state index contributed by atoms with van der Waals surface area (Å²) < 4.78 is 33.6. The van der Waals surface area contributed by atoms with Crippen molar-refractivity contribution in [3.8, 4) is 6.07 Å². The van der Waals surface area contributed by atoms with Crippen LogP contribution >= 0.6 is 0 Å². The van der Waals surface area contributed by atoms with Gasteiger partial charge in [-0.1, -0.05) is 12.1 Å². The molecule has 0 aromatic heterocycles. The Morgan fingerprint density at radius 1 is 1.30 bits per heavy atom. The molecule has 0 aliphatic carbocycles. The number of hydrogen-bond acceptors (Lipinski definition) is 4. The van der Waals surface area contributed by atoms with Gasteiger partial charge in [0.1, 0.15) is 0 Å². The van der Waals surface area contributed by atoms with Gasteiger partial charge in [-0.05, 0) is 24.6 Å². The van der Waals surface area contributed by atoms with Crippen LogP contribution in [0.3, 0.4) is 0 Å². The van der Waals surface area contributed by atoms with E-state index in [1.54, 1.807) is 31.2 Å². The van der Waals surface area contributed by atoms with Crippen molar-refractivity contribution < 1.29 is 13.2 Å². The SMILES string of the molecule is CC(NS(=O)(=O)N1CCOCC1)c1ccc(C#N)cc1. The first-order chi connectivity index (χ1) is 9.53. The minimum Gasteiger partial charge on any atom is -0.379 e. The van der Waals surface area contributed by atoms with E-state index in [1.807, 2.05) is 6.07 Å². The molecule has 2 rings (SSSR count). The third-order valence-corrected chi connectivity index (χ3v) is 4.87. The second kappa shape index (κ2) is 6.33. The summed E-state index contributed by atoms with van der Waals surface area (Å²) in [4.78, 5) is 0. The lowest BCUT2D eigenvalue weighted by Gasteiger charge is -2.27. The van der Waals surface area contributed by atoms with Gasteiger partial charge in [-0.3, -0.25) is 0 Å². The van der Waals surface area contributed by atoms with Crippen molar-refractivity contribution >= 4 is 10.2 Å². The van der Waals surface area contributed by atoms with Crippen molar-refractivity contribution in [1.29, 1.82) is 5.26 Å². The minimum absolute atomic E-state index is 0.351. The average molecular weight is 295 g/mol. The number of ether oxygens (including phenoxy) is 1. The summed E-state index contributed by atoms with van der Waals surface area (Å²) in [5.74, 6) is 0. The first-order valence-electron chi connectivity index (χ1n) is 6.38. The fourth-order valence-corrected chi connectivity index (χ4v) is 3.36. The number of morpholine rings is 1. The normalized spacial score (nSPS) is 18.4. The largest absolute Gasteiger partial charge is 0.379 e. The maximum absolute atomic E-state index is 12.2. The summed E-state index contributed by atoms with van der Waals surface area (Å²) in [6.45, 7) is 3.36. The van der Waals surface area contributed by atoms with Gasteiger partial charge in [0.05, 0.1) is 24.8 Å². The predicted molar refractivity (Wildman–Crippen MR) is 74.0 cm³/mol. The first-order valence-corrected chi connectivity index (χ1v) is 7.82. The molecule has 0 saturated carbocycles. The van der Waals surface area contributed by atoms with Crippen molar-refractivity contribution in [2.45, 2.75) is 13.0 Å². The maximum Gasteiger partial charge on any atom is 0.280 e. The smallest absolute Gasteiger partial charge is 0.280 e. The van der Waals surface area contributed by atoms with E-state index >= 15 is 0 Å². The third-order valence-electron chi connectivity index (χ3n) is 3.18. The van der Waals surface area contributed by atoms with Gasteiger partial charge in [0.25, 0.3) is 10.2 Å².